The zero-order valence-electron chi connectivity index (χ0n) is 17.0. The van der Waals surface area contributed by atoms with Crippen LogP contribution in [0.2, 0.25) is 0 Å². The molecule has 0 aliphatic rings. The Balaban J connectivity index is 1.90. The number of fused-ring (bicyclic) bond motifs is 1. The summed E-state index contributed by atoms with van der Waals surface area (Å²) in [5, 5.41) is 11.5. The highest BCUT2D eigenvalue weighted by Crippen LogP contribution is 2.33. The highest BCUT2D eigenvalue weighted by molar-refractivity contribution is 7.89. The van der Waals surface area contributed by atoms with Gasteiger partial charge in [-0.1, -0.05) is 6.58 Å². The molecule has 33 heavy (non-hydrogen) atoms. The lowest BCUT2D eigenvalue weighted by atomic mass is 10.1. The summed E-state index contributed by atoms with van der Waals surface area (Å²) in [6, 6.07) is 9.33. The van der Waals surface area contributed by atoms with Crippen LogP contribution in [-0.4, -0.2) is 39.5 Å². The van der Waals surface area contributed by atoms with Crippen LogP contribution in [0.1, 0.15) is 5.56 Å². The molecule has 2 aromatic heterocycles. The van der Waals surface area contributed by atoms with E-state index in [9.17, 15) is 26.4 Å². The predicted octanol–water partition coefficient (Wildman–Crippen LogP) is 3.84. The summed E-state index contributed by atoms with van der Waals surface area (Å²) in [6.07, 6.45) is 0.213. The predicted molar refractivity (Wildman–Crippen MR) is 116 cm³/mol. The van der Waals surface area contributed by atoms with Gasteiger partial charge < -0.3 is 5.32 Å². The van der Waals surface area contributed by atoms with Gasteiger partial charge in [0.15, 0.2) is 0 Å². The van der Waals surface area contributed by atoms with E-state index in [1.807, 2.05) is 0 Å². The first-order valence-corrected chi connectivity index (χ1v) is 11.2. The molecule has 0 radical (unpaired) electrons. The van der Waals surface area contributed by atoms with Gasteiger partial charge >= 0.3 is 6.18 Å². The number of halogens is 3. The van der Waals surface area contributed by atoms with E-state index < -0.39 is 27.7 Å². The molecule has 4 rings (SSSR count). The third-order valence-corrected chi connectivity index (χ3v) is 5.62. The Morgan fingerprint density at radius 1 is 1.15 bits per heavy atom. The highest BCUT2D eigenvalue weighted by atomic mass is 32.2. The van der Waals surface area contributed by atoms with Gasteiger partial charge in [0.25, 0.3) is 10.0 Å². The number of rotatable bonds is 5. The van der Waals surface area contributed by atoms with E-state index in [1.54, 1.807) is 18.2 Å². The quantitative estimate of drug-likeness (QED) is 0.442. The van der Waals surface area contributed by atoms with E-state index in [4.69, 9.17) is 0 Å². The Hall–Kier alpha value is -3.93. The Morgan fingerprint density at radius 3 is 2.42 bits per heavy atom. The lowest BCUT2D eigenvalue weighted by molar-refractivity contribution is -0.137. The van der Waals surface area contributed by atoms with Crippen molar-refractivity contribution >= 4 is 32.5 Å². The number of aromatic nitrogens is 4. The topological polar surface area (TPSA) is 98.9 Å². The van der Waals surface area contributed by atoms with Crippen molar-refractivity contribution in [3.05, 3.63) is 73.1 Å². The average Bonchev–Trinajstić information content (AvgIpc) is 3.38. The van der Waals surface area contributed by atoms with E-state index in [-0.39, 0.29) is 0 Å². The van der Waals surface area contributed by atoms with Crippen molar-refractivity contribution in [2.24, 2.45) is 0 Å². The monoisotopic (exact) mass is 475 g/mol. The molecule has 0 spiro atoms. The molecular weight excluding hydrogens is 459 g/mol. The Bertz CT molecular complexity index is 1490. The van der Waals surface area contributed by atoms with Gasteiger partial charge in [0, 0.05) is 16.6 Å². The van der Waals surface area contributed by atoms with Crippen molar-refractivity contribution in [1.29, 1.82) is 0 Å². The molecule has 1 amide bonds. The summed E-state index contributed by atoms with van der Waals surface area (Å²) in [5.74, 6) is -0.434. The first kappa shape index (κ1) is 22.3. The van der Waals surface area contributed by atoms with Crippen molar-refractivity contribution in [2.75, 3.05) is 11.6 Å². The molecule has 0 aliphatic heterocycles. The van der Waals surface area contributed by atoms with Crippen LogP contribution in [0.3, 0.4) is 0 Å². The second-order valence-corrected chi connectivity index (χ2v) is 8.94. The van der Waals surface area contributed by atoms with Gasteiger partial charge in [0.2, 0.25) is 5.91 Å². The van der Waals surface area contributed by atoms with Gasteiger partial charge in [-0.2, -0.15) is 27.5 Å². The molecule has 0 bridgehead atoms. The minimum atomic E-state index is -4.48. The summed E-state index contributed by atoms with van der Waals surface area (Å²) in [5.41, 5.74) is 1.20. The van der Waals surface area contributed by atoms with Crippen LogP contribution in [0.5, 0.6) is 0 Å². The molecule has 4 aromatic rings. The van der Waals surface area contributed by atoms with Crippen LogP contribution in [-0.2, 0) is 21.0 Å². The molecule has 1 N–H and O–H groups in total. The molecule has 8 nitrogen and oxygen atoms in total. The zero-order chi connectivity index (χ0) is 24.0. The maximum atomic E-state index is 13.0. The number of hydrogen-bond acceptors (Lipinski definition) is 5. The maximum absolute atomic E-state index is 13.0. The fourth-order valence-corrected chi connectivity index (χ4v) is 3.72. The molecule has 0 unspecified atom stereocenters. The summed E-state index contributed by atoms with van der Waals surface area (Å²) in [6.45, 7) is 3.40. The van der Waals surface area contributed by atoms with Crippen LogP contribution in [0.15, 0.2) is 67.5 Å². The molecule has 0 aliphatic carbocycles. The van der Waals surface area contributed by atoms with Crippen LogP contribution >= 0.6 is 0 Å². The van der Waals surface area contributed by atoms with Crippen molar-refractivity contribution in [2.45, 2.75) is 6.18 Å². The van der Waals surface area contributed by atoms with Crippen molar-refractivity contribution < 1.29 is 26.4 Å². The SMILES string of the molecule is C=CC(=O)Nc1ccc2c(c1)c(-c1cnn(S(C)(=O)=O)c1)nn2-c1ccc(C(F)(F)F)cc1. The fraction of sp³-hybridized carbons (Fsp3) is 0.0952. The van der Waals surface area contributed by atoms with E-state index in [2.05, 4.69) is 22.1 Å². The number of benzene rings is 2. The molecule has 2 heterocycles. The molecule has 0 atom stereocenters. The number of carbonyl (C=O) groups is 1. The van der Waals surface area contributed by atoms with Gasteiger partial charge in [-0.15, -0.1) is 0 Å². The molecule has 0 saturated heterocycles. The van der Waals surface area contributed by atoms with E-state index in [0.29, 0.717) is 33.5 Å². The summed E-state index contributed by atoms with van der Waals surface area (Å²) in [7, 11) is -3.64. The smallest absolute Gasteiger partial charge is 0.323 e. The number of amides is 1. The van der Waals surface area contributed by atoms with Gasteiger partial charge in [0.1, 0.15) is 5.69 Å². The minimum Gasteiger partial charge on any atom is -0.323 e. The standard InChI is InChI=1S/C21H16F3N5O3S/c1-3-19(30)26-15-6-9-18-17(10-15)20(13-11-25-28(12-13)33(2,31)32)27-29(18)16-7-4-14(5-8-16)21(22,23)24/h3-12H,1H2,2H3,(H,26,30). The van der Waals surface area contributed by atoms with Gasteiger partial charge in [0.05, 0.1) is 35.4 Å². The molecule has 12 heteroatoms. The zero-order valence-corrected chi connectivity index (χ0v) is 17.9. The van der Waals surface area contributed by atoms with Gasteiger partial charge in [-0.3, -0.25) is 4.79 Å². The first-order chi connectivity index (χ1) is 15.5. The molecular formula is C21H16F3N5O3S. The Morgan fingerprint density at radius 2 is 1.85 bits per heavy atom. The number of nitrogens with zero attached hydrogens (tertiary/aromatic N) is 4. The maximum Gasteiger partial charge on any atom is 0.416 e. The normalized spacial score (nSPS) is 12.1. The second kappa shape index (κ2) is 7.89. The highest BCUT2D eigenvalue weighted by Gasteiger charge is 2.30. The first-order valence-electron chi connectivity index (χ1n) is 9.37. The molecule has 0 fully saturated rings. The molecule has 0 saturated carbocycles. The molecule has 170 valence electrons. The third-order valence-electron chi connectivity index (χ3n) is 4.75. The summed E-state index contributed by atoms with van der Waals surface area (Å²) < 4.78 is 64.7. The fourth-order valence-electron chi connectivity index (χ4n) is 3.20. The lowest BCUT2D eigenvalue weighted by Crippen LogP contribution is -2.09. The van der Waals surface area contributed by atoms with Gasteiger partial charge in [-0.25, -0.2) is 13.1 Å². The van der Waals surface area contributed by atoms with Crippen molar-refractivity contribution in [1.82, 2.24) is 19.0 Å². The van der Waals surface area contributed by atoms with Crippen LogP contribution in [0.25, 0.3) is 27.8 Å². The lowest BCUT2D eigenvalue weighted by Gasteiger charge is -2.08. The Kier molecular flexibility index (Phi) is 5.32. The number of hydrogen-bond donors (Lipinski definition) is 1. The Labute approximate surface area is 186 Å². The summed E-state index contributed by atoms with van der Waals surface area (Å²) in [4.78, 5) is 11.7. The average molecular weight is 475 g/mol. The number of carbonyl (C=O) groups excluding carboxylic acids is 1. The van der Waals surface area contributed by atoms with Crippen LogP contribution < -0.4 is 5.32 Å². The van der Waals surface area contributed by atoms with E-state index in [0.717, 1.165) is 28.6 Å². The second-order valence-electron chi connectivity index (χ2n) is 7.09. The third kappa shape index (κ3) is 4.37. The van der Waals surface area contributed by atoms with E-state index in [1.165, 1.54) is 29.2 Å². The van der Waals surface area contributed by atoms with Crippen molar-refractivity contribution in [3.63, 3.8) is 0 Å². The number of alkyl halides is 3. The summed E-state index contributed by atoms with van der Waals surface area (Å²) >= 11 is 0. The van der Waals surface area contributed by atoms with Crippen molar-refractivity contribution in [3.8, 4) is 16.9 Å². The number of nitrogens with one attached hydrogen (secondary N) is 1. The van der Waals surface area contributed by atoms with E-state index >= 15 is 0 Å². The van der Waals surface area contributed by atoms with Gasteiger partial charge in [-0.05, 0) is 48.5 Å². The number of anilines is 1. The molecule has 2 aromatic carbocycles. The minimum absolute atomic E-state index is 0.328. The largest absolute Gasteiger partial charge is 0.416 e. The van der Waals surface area contributed by atoms with Crippen LogP contribution in [0, 0.1) is 0 Å². The van der Waals surface area contributed by atoms with Crippen LogP contribution in [0.4, 0.5) is 18.9 Å².